The summed E-state index contributed by atoms with van der Waals surface area (Å²) in [5, 5.41) is 6.86. The van der Waals surface area contributed by atoms with Gasteiger partial charge in [-0.15, -0.1) is 0 Å². The number of benzene rings is 3. The second-order valence-corrected chi connectivity index (χ2v) is 8.50. The molecule has 9 heteroatoms. The minimum absolute atomic E-state index is 0.169. The zero-order valence-corrected chi connectivity index (χ0v) is 21.8. The third kappa shape index (κ3) is 7.44. The molecule has 0 aromatic heterocycles. The van der Waals surface area contributed by atoms with Gasteiger partial charge in [-0.3, -0.25) is 9.59 Å². The minimum atomic E-state index is -0.361. The van der Waals surface area contributed by atoms with Crippen LogP contribution in [0.1, 0.15) is 28.4 Å². The molecule has 2 N–H and O–H groups in total. The highest BCUT2D eigenvalue weighted by Gasteiger charge is 2.11. The highest BCUT2D eigenvalue weighted by atomic mass is 127. The van der Waals surface area contributed by atoms with Crippen LogP contribution < -0.4 is 25.0 Å². The summed E-state index contributed by atoms with van der Waals surface area (Å²) in [6.07, 6.45) is 1.50. The molecule has 182 valence electrons. The fourth-order valence-corrected chi connectivity index (χ4v) is 3.62. The van der Waals surface area contributed by atoms with Crippen molar-refractivity contribution in [3.8, 4) is 17.2 Å². The van der Waals surface area contributed by atoms with Crippen LogP contribution in [0, 0.1) is 10.5 Å². The summed E-state index contributed by atoms with van der Waals surface area (Å²) in [5.74, 6) is 0.877. The first-order chi connectivity index (χ1) is 16.9. The van der Waals surface area contributed by atoms with Crippen LogP contribution in [-0.2, 0) is 4.79 Å². The molecule has 35 heavy (non-hydrogen) atoms. The summed E-state index contributed by atoms with van der Waals surface area (Å²) in [6.45, 7) is 4.02. The van der Waals surface area contributed by atoms with Gasteiger partial charge in [0.05, 0.1) is 23.5 Å². The Hall–Kier alpha value is -3.60. The van der Waals surface area contributed by atoms with Gasteiger partial charge in [0.15, 0.2) is 18.1 Å². The number of aryl methyl sites for hydroxylation is 1. The molecule has 0 heterocycles. The number of nitrogens with one attached hydrogen (secondary N) is 2. The molecule has 0 aliphatic rings. The number of hydrogen-bond acceptors (Lipinski definition) is 6. The number of rotatable bonds is 10. The zero-order valence-electron chi connectivity index (χ0n) is 19.6. The SMILES string of the molecule is CCOc1cc(/C=N/NC(=O)c2ccc(I)c(OC)c2)ccc1OCC(=O)Nc1ccccc1C. The second-order valence-electron chi connectivity index (χ2n) is 7.34. The first kappa shape index (κ1) is 26.0. The number of ether oxygens (including phenoxy) is 3. The van der Waals surface area contributed by atoms with Crippen LogP contribution in [0.4, 0.5) is 5.69 Å². The third-order valence-electron chi connectivity index (χ3n) is 4.84. The van der Waals surface area contributed by atoms with E-state index in [1.54, 1.807) is 43.5 Å². The summed E-state index contributed by atoms with van der Waals surface area (Å²) in [4.78, 5) is 24.7. The third-order valence-corrected chi connectivity index (χ3v) is 5.73. The summed E-state index contributed by atoms with van der Waals surface area (Å²) < 4.78 is 17.5. The van der Waals surface area contributed by atoms with Gasteiger partial charge < -0.3 is 19.5 Å². The maximum absolute atomic E-state index is 12.4. The van der Waals surface area contributed by atoms with Gasteiger partial charge in [0.25, 0.3) is 11.8 Å². The second kappa shape index (κ2) is 12.7. The molecule has 8 nitrogen and oxygen atoms in total. The Morgan fingerprint density at radius 3 is 2.54 bits per heavy atom. The first-order valence-electron chi connectivity index (χ1n) is 10.8. The van der Waals surface area contributed by atoms with Gasteiger partial charge in [-0.2, -0.15) is 5.10 Å². The van der Waals surface area contributed by atoms with Crippen molar-refractivity contribution in [1.29, 1.82) is 0 Å². The molecule has 3 rings (SSSR count). The lowest BCUT2D eigenvalue weighted by Crippen LogP contribution is -2.20. The van der Waals surface area contributed by atoms with Crippen molar-refractivity contribution in [1.82, 2.24) is 5.43 Å². The van der Waals surface area contributed by atoms with E-state index in [1.165, 1.54) is 6.21 Å². The molecule has 0 radical (unpaired) electrons. The van der Waals surface area contributed by atoms with E-state index >= 15 is 0 Å². The van der Waals surface area contributed by atoms with E-state index in [-0.39, 0.29) is 18.4 Å². The van der Waals surface area contributed by atoms with Gasteiger partial charge in [0.2, 0.25) is 0 Å². The van der Waals surface area contributed by atoms with Crippen LogP contribution in [0.15, 0.2) is 65.8 Å². The number of methoxy groups -OCH3 is 1. The number of nitrogens with zero attached hydrogens (tertiary/aromatic N) is 1. The minimum Gasteiger partial charge on any atom is -0.496 e. The molecule has 0 bridgehead atoms. The van der Waals surface area contributed by atoms with E-state index in [9.17, 15) is 9.59 Å². The first-order valence-corrected chi connectivity index (χ1v) is 11.9. The van der Waals surface area contributed by atoms with E-state index in [1.807, 2.05) is 38.1 Å². The molecule has 0 aliphatic heterocycles. The lowest BCUT2D eigenvalue weighted by atomic mass is 10.2. The topological polar surface area (TPSA) is 98.2 Å². The molecule has 3 aromatic carbocycles. The van der Waals surface area contributed by atoms with Crippen LogP contribution in [0.25, 0.3) is 0 Å². The fourth-order valence-electron chi connectivity index (χ4n) is 3.07. The lowest BCUT2D eigenvalue weighted by molar-refractivity contribution is -0.118. The van der Waals surface area contributed by atoms with E-state index < -0.39 is 0 Å². The Morgan fingerprint density at radius 2 is 1.80 bits per heavy atom. The van der Waals surface area contributed by atoms with E-state index in [2.05, 4.69) is 38.4 Å². The molecule has 0 spiro atoms. The van der Waals surface area contributed by atoms with Crippen molar-refractivity contribution in [2.45, 2.75) is 13.8 Å². The lowest BCUT2D eigenvalue weighted by Gasteiger charge is -2.13. The number of amides is 2. The Morgan fingerprint density at radius 1 is 1.00 bits per heavy atom. The average Bonchev–Trinajstić information content (AvgIpc) is 2.85. The summed E-state index contributed by atoms with van der Waals surface area (Å²) in [5.41, 5.74) is 5.32. The predicted octanol–water partition coefficient (Wildman–Crippen LogP) is 4.79. The molecule has 0 fully saturated rings. The van der Waals surface area contributed by atoms with Crippen LogP contribution in [0.5, 0.6) is 17.2 Å². The maximum atomic E-state index is 12.4. The van der Waals surface area contributed by atoms with E-state index in [0.717, 1.165) is 14.8 Å². The molecule has 0 saturated heterocycles. The molecule has 0 unspecified atom stereocenters. The molecule has 0 aliphatic carbocycles. The van der Waals surface area contributed by atoms with Gasteiger partial charge in [0, 0.05) is 11.3 Å². The van der Waals surface area contributed by atoms with Crippen LogP contribution in [0.2, 0.25) is 0 Å². The number of halogens is 1. The van der Waals surface area contributed by atoms with E-state index in [0.29, 0.717) is 35.0 Å². The highest BCUT2D eigenvalue weighted by Crippen LogP contribution is 2.28. The Labute approximate surface area is 217 Å². The summed E-state index contributed by atoms with van der Waals surface area (Å²) >= 11 is 2.13. The standard InChI is InChI=1S/C26H26IN3O5/c1-4-34-24-13-18(15-28-30-26(32)19-10-11-20(27)23(14-19)33-3)9-12-22(24)35-16-25(31)29-21-8-6-5-7-17(21)2/h5-15H,4,16H2,1-3H3,(H,29,31)(H,30,32)/b28-15+. The molecule has 2 amide bonds. The Kier molecular flexibility index (Phi) is 9.47. The van der Waals surface area contributed by atoms with Crippen molar-refractivity contribution < 1.29 is 23.8 Å². The van der Waals surface area contributed by atoms with Crippen LogP contribution in [-0.4, -0.2) is 38.4 Å². The van der Waals surface area contributed by atoms with Crippen molar-refractivity contribution in [2.24, 2.45) is 5.10 Å². The monoisotopic (exact) mass is 587 g/mol. The van der Waals surface area contributed by atoms with Gasteiger partial charge in [-0.25, -0.2) is 5.43 Å². The maximum Gasteiger partial charge on any atom is 0.271 e. The molecule has 0 atom stereocenters. The van der Waals surface area contributed by atoms with Crippen LogP contribution in [0.3, 0.4) is 0 Å². The normalized spacial score (nSPS) is 10.6. The Bertz CT molecular complexity index is 1230. The number of carbonyl (C=O) groups is 2. The van der Waals surface area contributed by atoms with Crippen molar-refractivity contribution in [3.63, 3.8) is 0 Å². The van der Waals surface area contributed by atoms with Crippen molar-refractivity contribution in [2.75, 3.05) is 25.6 Å². The smallest absolute Gasteiger partial charge is 0.271 e. The number of hydrogen-bond donors (Lipinski definition) is 2. The van der Waals surface area contributed by atoms with Crippen LogP contribution >= 0.6 is 22.6 Å². The molecule has 0 saturated carbocycles. The average molecular weight is 587 g/mol. The number of para-hydroxylation sites is 1. The quantitative estimate of drug-likeness (QED) is 0.202. The van der Waals surface area contributed by atoms with Gasteiger partial charge in [-0.05, 0) is 90.0 Å². The zero-order chi connectivity index (χ0) is 25.2. The number of hydrazone groups is 1. The Balaban J connectivity index is 1.62. The van der Waals surface area contributed by atoms with Crippen molar-refractivity contribution in [3.05, 3.63) is 80.9 Å². The van der Waals surface area contributed by atoms with E-state index in [4.69, 9.17) is 14.2 Å². The largest absolute Gasteiger partial charge is 0.496 e. The number of carbonyl (C=O) groups excluding carboxylic acids is 2. The predicted molar refractivity (Wildman–Crippen MR) is 144 cm³/mol. The fraction of sp³-hybridized carbons (Fsp3) is 0.192. The number of anilines is 1. The highest BCUT2D eigenvalue weighted by molar-refractivity contribution is 14.1. The van der Waals surface area contributed by atoms with Gasteiger partial charge >= 0.3 is 0 Å². The molecule has 3 aromatic rings. The summed E-state index contributed by atoms with van der Waals surface area (Å²) in [7, 11) is 1.55. The molecular weight excluding hydrogens is 561 g/mol. The van der Waals surface area contributed by atoms with Gasteiger partial charge in [0.1, 0.15) is 5.75 Å². The molecular formula is C26H26IN3O5. The van der Waals surface area contributed by atoms with Gasteiger partial charge in [-0.1, -0.05) is 18.2 Å². The summed E-state index contributed by atoms with van der Waals surface area (Å²) in [6, 6.07) is 17.8. The van der Waals surface area contributed by atoms with Crippen molar-refractivity contribution >= 4 is 46.3 Å².